The minimum atomic E-state index is -0.810. The van der Waals surface area contributed by atoms with E-state index in [0.717, 1.165) is 37.7 Å². The summed E-state index contributed by atoms with van der Waals surface area (Å²) in [4.78, 5) is 25.9. The molecule has 4 nitrogen and oxygen atoms in total. The van der Waals surface area contributed by atoms with Crippen molar-refractivity contribution in [1.29, 1.82) is 0 Å². The van der Waals surface area contributed by atoms with Gasteiger partial charge in [-0.2, -0.15) is 0 Å². The Bertz CT molecular complexity index is 772. The van der Waals surface area contributed by atoms with Crippen molar-refractivity contribution >= 4 is 11.8 Å². The van der Waals surface area contributed by atoms with Crippen molar-refractivity contribution in [3.05, 3.63) is 35.4 Å². The molecule has 3 unspecified atom stereocenters. The van der Waals surface area contributed by atoms with Crippen LogP contribution in [-0.4, -0.2) is 28.6 Å². The Morgan fingerprint density at radius 3 is 2.14 bits per heavy atom. The van der Waals surface area contributed by atoms with Gasteiger partial charge in [-0.25, -0.2) is 0 Å². The molecule has 0 aliphatic heterocycles. The molecule has 0 radical (unpaired) electrons. The predicted octanol–water partition coefficient (Wildman–Crippen LogP) is 4.43. The number of ether oxygens (including phenoxy) is 1. The molecular formula is C24H32O4. The monoisotopic (exact) mass is 384 g/mol. The topological polar surface area (TPSA) is 63.6 Å². The molecule has 5 rings (SSSR count). The summed E-state index contributed by atoms with van der Waals surface area (Å²) in [6, 6.07) is 7.58. The zero-order valence-electron chi connectivity index (χ0n) is 17.5. The Kier molecular flexibility index (Phi) is 4.50. The number of Topliss-reactive ketones (excluding diaryl/α,β-unsaturated/α-hetero) is 1. The fourth-order valence-electron chi connectivity index (χ4n) is 6.16. The number of esters is 1. The molecule has 1 N–H and O–H groups in total. The van der Waals surface area contributed by atoms with E-state index in [1.807, 2.05) is 24.3 Å². The average Bonchev–Trinajstić information content (AvgIpc) is 2.58. The molecule has 0 aromatic heterocycles. The van der Waals surface area contributed by atoms with Gasteiger partial charge in [0.05, 0.1) is 11.0 Å². The summed E-state index contributed by atoms with van der Waals surface area (Å²) >= 11 is 0. The van der Waals surface area contributed by atoms with Crippen LogP contribution in [0.3, 0.4) is 0 Å². The highest BCUT2D eigenvalue weighted by Crippen LogP contribution is 2.62. The standard InChI is InChI=1S/C24H32O4/c1-15(20(25)18-5-7-19(8-6-18)22(2,3)4)28-21(26)23-10-16-9-17(11-23)13-24(27,12-16)14-23/h5-8,15-17,27H,9-14H2,1-4H3. The van der Waals surface area contributed by atoms with Crippen LogP contribution in [0.5, 0.6) is 0 Å². The van der Waals surface area contributed by atoms with Crippen LogP contribution in [0.4, 0.5) is 0 Å². The van der Waals surface area contributed by atoms with Crippen molar-refractivity contribution in [2.24, 2.45) is 17.3 Å². The lowest BCUT2D eigenvalue weighted by atomic mass is 9.48. The first-order valence-corrected chi connectivity index (χ1v) is 10.6. The second kappa shape index (κ2) is 6.41. The van der Waals surface area contributed by atoms with Gasteiger partial charge >= 0.3 is 5.97 Å². The maximum Gasteiger partial charge on any atom is 0.312 e. The molecule has 4 aliphatic carbocycles. The van der Waals surface area contributed by atoms with Gasteiger partial charge in [-0.1, -0.05) is 45.0 Å². The van der Waals surface area contributed by atoms with Gasteiger partial charge in [-0.05, 0) is 68.3 Å². The molecule has 0 amide bonds. The number of ketones is 1. The smallest absolute Gasteiger partial charge is 0.312 e. The lowest BCUT2D eigenvalue weighted by Gasteiger charge is -2.58. The molecule has 3 atom stereocenters. The first-order valence-electron chi connectivity index (χ1n) is 10.6. The van der Waals surface area contributed by atoms with Crippen LogP contribution in [0, 0.1) is 17.3 Å². The van der Waals surface area contributed by atoms with Crippen molar-refractivity contribution in [3.8, 4) is 0 Å². The van der Waals surface area contributed by atoms with Gasteiger partial charge < -0.3 is 9.84 Å². The molecule has 1 aromatic carbocycles. The van der Waals surface area contributed by atoms with Gasteiger partial charge in [0.25, 0.3) is 0 Å². The van der Waals surface area contributed by atoms with Crippen LogP contribution in [-0.2, 0) is 14.9 Å². The highest BCUT2D eigenvalue weighted by atomic mass is 16.5. The van der Waals surface area contributed by atoms with E-state index in [9.17, 15) is 14.7 Å². The SMILES string of the molecule is CC(OC(=O)C12CC3CC(CC(O)(C3)C1)C2)C(=O)c1ccc(C(C)(C)C)cc1. The lowest BCUT2D eigenvalue weighted by Crippen LogP contribution is -2.58. The maximum atomic E-state index is 13.1. The van der Waals surface area contributed by atoms with E-state index >= 15 is 0 Å². The van der Waals surface area contributed by atoms with Crippen LogP contribution in [0.15, 0.2) is 24.3 Å². The molecule has 4 heteroatoms. The first-order chi connectivity index (χ1) is 13.0. The number of hydrogen-bond donors (Lipinski definition) is 1. The molecule has 0 spiro atoms. The molecule has 4 saturated carbocycles. The number of carbonyl (C=O) groups is 2. The molecule has 152 valence electrons. The predicted molar refractivity (Wildman–Crippen MR) is 107 cm³/mol. The van der Waals surface area contributed by atoms with Gasteiger partial charge in [0.1, 0.15) is 0 Å². The molecule has 4 aliphatic rings. The van der Waals surface area contributed by atoms with Crippen LogP contribution >= 0.6 is 0 Å². The summed E-state index contributed by atoms with van der Waals surface area (Å²) in [6.45, 7) is 8.06. The van der Waals surface area contributed by atoms with Crippen LogP contribution < -0.4 is 0 Å². The fraction of sp³-hybridized carbons (Fsp3) is 0.667. The van der Waals surface area contributed by atoms with E-state index in [2.05, 4.69) is 20.8 Å². The summed E-state index contributed by atoms with van der Waals surface area (Å²) in [6.07, 6.45) is 4.02. The zero-order valence-corrected chi connectivity index (χ0v) is 17.5. The summed E-state index contributed by atoms with van der Waals surface area (Å²) in [5, 5.41) is 10.9. The van der Waals surface area contributed by atoms with Gasteiger partial charge in [0.15, 0.2) is 6.10 Å². The van der Waals surface area contributed by atoms with Gasteiger partial charge in [-0.15, -0.1) is 0 Å². The van der Waals surface area contributed by atoms with Crippen LogP contribution in [0.1, 0.15) is 82.1 Å². The van der Waals surface area contributed by atoms with Crippen LogP contribution in [0.25, 0.3) is 0 Å². The fourth-order valence-corrected chi connectivity index (χ4v) is 6.16. The van der Waals surface area contributed by atoms with E-state index in [0.29, 0.717) is 23.8 Å². The summed E-state index contributed by atoms with van der Waals surface area (Å²) in [5.74, 6) is 0.369. The van der Waals surface area contributed by atoms with E-state index in [1.54, 1.807) is 6.92 Å². The molecule has 28 heavy (non-hydrogen) atoms. The van der Waals surface area contributed by atoms with E-state index in [1.165, 1.54) is 0 Å². The van der Waals surface area contributed by atoms with Crippen molar-refractivity contribution in [3.63, 3.8) is 0 Å². The lowest BCUT2D eigenvalue weighted by molar-refractivity contribution is -0.197. The third-order valence-corrected chi connectivity index (χ3v) is 7.15. The van der Waals surface area contributed by atoms with E-state index < -0.39 is 17.1 Å². The minimum absolute atomic E-state index is 0.0262. The zero-order chi connectivity index (χ0) is 20.3. The summed E-state index contributed by atoms with van der Waals surface area (Å²) in [7, 11) is 0. The summed E-state index contributed by atoms with van der Waals surface area (Å²) < 4.78 is 5.69. The second-order valence-electron chi connectivity index (χ2n) is 10.7. The number of benzene rings is 1. The summed E-state index contributed by atoms with van der Waals surface area (Å²) in [5.41, 5.74) is 0.453. The first kappa shape index (κ1) is 19.6. The largest absolute Gasteiger partial charge is 0.454 e. The highest BCUT2D eigenvalue weighted by molar-refractivity contribution is 6.00. The Hall–Kier alpha value is -1.68. The van der Waals surface area contributed by atoms with Gasteiger partial charge in [0.2, 0.25) is 5.78 Å². The molecular weight excluding hydrogens is 352 g/mol. The Labute approximate surface area is 167 Å². The molecule has 4 bridgehead atoms. The Morgan fingerprint density at radius 1 is 1.07 bits per heavy atom. The third kappa shape index (κ3) is 3.41. The second-order valence-corrected chi connectivity index (χ2v) is 10.7. The van der Waals surface area contributed by atoms with Crippen molar-refractivity contribution in [1.82, 2.24) is 0 Å². The highest BCUT2D eigenvalue weighted by Gasteiger charge is 2.61. The average molecular weight is 385 g/mol. The normalized spacial score (nSPS) is 34.9. The number of carbonyl (C=O) groups excluding carboxylic acids is 2. The molecule has 0 heterocycles. The molecule has 1 aromatic rings. The molecule has 0 saturated heterocycles. The molecule has 4 fully saturated rings. The van der Waals surface area contributed by atoms with Crippen molar-refractivity contribution in [2.75, 3.05) is 0 Å². The van der Waals surface area contributed by atoms with Gasteiger partial charge in [-0.3, -0.25) is 9.59 Å². The van der Waals surface area contributed by atoms with Crippen molar-refractivity contribution < 1.29 is 19.4 Å². The third-order valence-electron chi connectivity index (χ3n) is 7.15. The van der Waals surface area contributed by atoms with E-state index in [-0.39, 0.29) is 17.2 Å². The number of rotatable bonds is 4. The Morgan fingerprint density at radius 2 is 1.64 bits per heavy atom. The minimum Gasteiger partial charge on any atom is -0.454 e. The van der Waals surface area contributed by atoms with Crippen molar-refractivity contribution in [2.45, 2.75) is 83.3 Å². The quantitative estimate of drug-likeness (QED) is 0.616. The van der Waals surface area contributed by atoms with Gasteiger partial charge in [0, 0.05) is 5.56 Å². The van der Waals surface area contributed by atoms with Crippen LogP contribution in [0.2, 0.25) is 0 Å². The number of aliphatic hydroxyl groups is 1. The maximum absolute atomic E-state index is 13.1. The number of hydrogen-bond acceptors (Lipinski definition) is 4. The van der Waals surface area contributed by atoms with E-state index in [4.69, 9.17) is 4.74 Å². The Balaban J connectivity index is 1.45.